The smallest absolute Gasteiger partial charge is 0.235 e. The normalized spacial score (nSPS) is 10.3. The fraction of sp³-hybridized carbons (Fsp3) is 0.231. The van der Waals surface area contributed by atoms with Crippen molar-refractivity contribution in [3.63, 3.8) is 0 Å². The highest BCUT2D eigenvalue weighted by Crippen LogP contribution is 2.18. The summed E-state index contributed by atoms with van der Waals surface area (Å²) < 4.78 is 5.52. The van der Waals surface area contributed by atoms with E-state index in [9.17, 15) is 4.79 Å². The Labute approximate surface area is 110 Å². The van der Waals surface area contributed by atoms with E-state index in [4.69, 9.17) is 16.3 Å². The molecule has 0 bridgehead atoms. The van der Waals surface area contributed by atoms with Crippen LogP contribution in [-0.2, 0) is 4.79 Å². The number of rotatable bonds is 5. The number of pyridine rings is 1. The van der Waals surface area contributed by atoms with E-state index < -0.39 is 0 Å². The maximum atomic E-state index is 10.9. The highest BCUT2D eigenvalue weighted by Gasteiger charge is 1.99. The molecule has 0 radical (unpaired) electrons. The summed E-state index contributed by atoms with van der Waals surface area (Å²) >= 11 is 5.35. The van der Waals surface area contributed by atoms with E-state index in [2.05, 4.69) is 10.3 Å². The van der Waals surface area contributed by atoms with Gasteiger partial charge in [-0.3, -0.25) is 9.78 Å². The van der Waals surface area contributed by atoms with Gasteiger partial charge in [0.15, 0.2) is 0 Å². The first-order chi connectivity index (χ1) is 8.79. The first kappa shape index (κ1) is 12.6. The van der Waals surface area contributed by atoms with Crippen LogP contribution >= 0.6 is 11.6 Å². The summed E-state index contributed by atoms with van der Waals surface area (Å²) in [4.78, 5) is 15.1. The van der Waals surface area contributed by atoms with Gasteiger partial charge in [0, 0.05) is 11.6 Å². The molecule has 94 valence electrons. The van der Waals surface area contributed by atoms with Gasteiger partial charge in [-0.1, -0.05) is 6.07 Å². The molecule has 0 aliphatic rings. The molecule has 1 amide bonds. The molecule has 0 unspecified atom stereocenters. The number of aromatic nitrogens is 1. The minimum Gasteiger partial charge on any atom is -0.492 e. The molecule has 1 aromatic heterocycles. The maximum Gasteiger partial charge on any atom is 0.235 e. The molecule has 4 nitrogen and oxygen atoms in total. The van der Waals surface area contributed by atoms with Crippen LogP contribution in [0.2, 0.25) is 0 Å². The van der Waals surface area contributed by atoms with Crippen molar-refractivity contribution in [2.45, 2.75) is 0 Å². The molecular formula is C13H13ClN2O2. The van der Waals surface area contributed by atoms with Crippen LogP contribution in [-0.4, -0.2) is 29.9 Å². The number of fused-ring (bicyclic) bond motifs is 1. The lowest BCUT2D eigenvalue weighted by molar-refractivity contribution is -0.118. The van der Waals surface area contributed by atoms with Crippen LogP contribution in [0.1, 0.15) is 0 Å². The Morgan fingerprint density at radius 1 is 1.39 bits per heavy atom. The van der Waals surface area contributed by atoms with E-state index in [0.717, 1.165) is 16.7 Å². The molecule has 0 atom stereocenters. The lowest BCUT2D eigenvalue weighted by Gasteiger charge is -2.07. The van der Waals surface area contributed by atoms with Gasteiger partial charge in [-0.25, -0.2) is 0 Å². The SMILES string of the molecule is O=C(CCl)NCCOc1ccc2ncccc2c1. The molecule has 0 fully saturated rings. The zero-order valence-corrected chi connectivity index (χ0v) is 10.5. The van der Waals surface area contributed by atoms with Crippen LogP contribution in [0, 0.1) is 0 Å². The summed E-state index contributed by atoms with van der Waals surface area (Å²) in [6.07, 6.45) is 1.75. The summed E-state index contributed by atoms with van der Waals surface area (Å²) in [6.45, 7) is 0.852. The predicted octanol–water partition coefficient (Wildman–Crippen LogP) is 1.97. The van der Waals surface area contributed by atoms with Crippen molar-refractivity contribution in [2.24, 2.45) is 0 Å². The number of ether oxygens (including phenoxy) is 1. The van der Waals surface area contributed by atoms with E-state index in [0.29, 0.717) is 13.2 Å². The third kappa shape index (κ3) is 3.34. The molecule has 0 spiro atoms. The van der Waals surface area contributed by atoms with Crippen molar-refractivity contribution in [2.75, 3.05) is 19.0 Å². The van der Waals surface area contributed by atoms with Gasteiger partial charge >= 0.3 is 0 Å². The number of amides is 1. The quantitative estimate of drug-likeness (QED) is 0.664. The van der Waals surface area contributed by atoms with Crippen molar-refractivity contribution in [1.82, 2.24) is 10.3 Å². The Hall–Kier alpha value is -1.81. The molecule has 18 heavy (non-hydrogen) atoms. The van der Waals surface area contributed by atoms with Crippen LogP contribution in [0.15, 0.2) is 36.5 Å². The van der Waals surface area contributed by atoms with Gasteiger partial charge in [-0.2, -0.15) is 0 Å². The fourth-order valence-electron chi connectivity index (χ4n) is 1.55. The van der Waals surface area contributed by atoms with Crippen molar-refractivity contribution in [1.29, 1.82) is 0 Å². The molecule has 1 heterocycles. The molecule has 5 heteroatoms. The largest absolute Gasteiger partial charge is 0.492 e. The Morgan fingerprint density at radius 2 is 2.28 bits per heavy atom. The van der Waals surface area contributed by atoms with E-state index in [-0.39, 0.29) is 11.8 Å². The highest BCUT2D eigenvalue weighted by molar-refractivity contribution is 6.27. The van der Waals surface area contributed by atoms with Gasteiger partial charge in [0.05, 0.1) is 12.1 Å². The van der Waals surface area contributed by atoms with Crippen LogP contribution < -0.4 is 10.1 Å². The first-order valence-corrected chi connectivity index (χ1v) is 6.13. The van der Waals surface area contributed by atoms with Gasteiger partial charge < -0.3 is 10.1 Å². The van der Waals surface area contributed by atoms with Crippen molar-refractivity contribution in [3.8, 4) is 5.75 Å². The van der Waals surface area contributed by atoms with Crippen molar-refractivity contribution >= 4 is 28.4 Å². The average molecular weight is 265 g/mol. The second-order valence-electron chi connectivity index (χ2n) is 3.69. The highest BCUT2D eigenvalue weighted by atomic mass is 35.5. The van der Waals surface area contributed by atoms with E-state index in [1.54, 1.807) is 6.20 Å². The number of alkyl halides is 1. The first-order valence-electron chi connectivity index (χ1n) is 5.60. The van der Waals surface area contributed by atoms with Crippen molar-refractivity contribution in [3.05, 3.63) is 36.5 Å². The van der Waals surface area contributed by atoms with Crippen molar-refractivity contribution < 1.29 is 9.53 Å². The zero-order chi connectivity index (χ0) is 12.8. The monoisotopic (exact) mass is 264 g/mol. The number of carbonyl (C=O) groups excluding carboxylic acids is 1. The molecule has 1 aromatic carbocycles. The molecule has 0 aliphatic heterocycles. The maximum absolute atomic E-state index is 10.9. The third-order valence-electron chi connectivity index (χ3n) is 2.39. The third-order valence-corrected chi connectivity index (χ3v) is 2.63. The second kappa shape index (κ2) is 6.21. The number of benzene rings is 1. The minimum absolute atomic E-state index is 0.0261. The second-order valence-corrected chi connectivity index (χ2v) is 3.96. The summed E-state index contributed by atoms with van der Waals surface area (Å²) in [7, 11) is 0. The summed E-state index contributed by atoms with van der Waals surface area (Å²) in [5, 5.41) is 3.66. The Kier molecular flexibility index (Phi) is 4.36. The van der Waals surface area contributed by atoms with E-state index in [1.807, 2.05) is 30.3 Å². The fourth-order valence-corrected chi connectivity index (χ4v) is 1.64. The summed E-state index contributed by atoms with van der Waals surface area (Å²) in [5.74, 6) is 0.542. The number of carbonyl (C=O) groups is 1. The summed E-state index contributed by atoms with van der Waals surface area (Å²) in [6, 6.07) is 9.55. The van der Waals surface area contributed by atoms with Gasteiger partial charge in [-0.15, -0.1) is 11.6 Å². The number of nitrogens with zero attached hydrogens (tertiary/aromatic N) is 1. The molecular weight excluding hydrogens is 252 g/mol. The molecule has 2 rings (SSSR count). The van der Waals surface area contributed by atoms with Crippen LogP contribution in [0.3, 0.4) is 0 Å². The topological polar surface area (TPSA) is 51.2 Å². The van der Waals surface area contributed by atoms with E-state index >= 15 is 0 Å². The van der Waals surface area contributed by atoms with Gasteiger partial charge in [0.25, 0.3) is 0 Å². The Balaban J connectivity index is 1.90. The van der Waals surface area contributed by atoms with E-state index in [1.165, 1.54) is 0 Å². The number of halogens is 1. The van der Waals surface area contributed by atoms with Gasteiger partial charge in [0.1, 0.15) is 18.2 Å². The predicted molar refractivity (Wildman–Crippen MR) is 71.0 cm³/mol. The number of hydrogen-bond donors (Lipinski definition) is 1. The minimum atomic E-state index is -0.192. The summed E-state index contributed by atoms with van der Waals surface area (Å²) in [5.41, 5.74) is 0.931. The molecule has 0 saturated heterocycles. The Bertz CT molecular complexity index is 545. The van der Waals surface area contributed by atoms with Crippen LogP contribution in [0.25, 0.3) is 10.9 Å². The molecule has 0 aliphatic carbocycles. The van der Waals surface area contributed by atoms with Gasteiger partial charge in [-0.05, 0) is 24.3 Å². The Morgan fingerprint density at radius 3 is 3.11 bits per heavy atom. The van der Waals surface area contributed by atoms with Gasteiger partial charge in [0.2, 0.25) is 5.91 Å². The number of hydrogen-bond acceptors (Lipinski definition) is 3. The molecule has 0 saturated carbocycles. The lowest BCUT2D eigenvalue weighted by atomic mass is 10.2. The van der Waals surface area contributed by atoms with Crippen LogP contribution in [0.4, 0.5) is 0 Å². The number of nitrogens with one attached hydrogen (secondary N) is 1. The molecule has 1 N–H and O–H groups in total. The zero-order valence-electron chi connectivity index (χ0n) is 9.73. The van der Waals surface area contributed by atoms with Crippen LogP contribution in [0.5, 0.6) is 5.75 Å². The average Bonchev–Trinajstić information content (AvgIpc) is 2.43. The lowest BCUT2D eigenvalue weighted by Crippen LogP contribution is -2.28. The molecule has 2 aromatic rings. The standard InChI is InChI=1S/C13H13ClN2O2/c14-9-13(17)16-6-7-18-11-3-4-12-10(8-11)2-1-5-15-12/h1-5,8H,6-7,9H2,(H,16,17).